The van der Waals surface area contributed by atoms with Gasteiger partial charge < -0.3 is 19.8 Å². The van der Waals surface area contributed by atoms with Gasteiger partial charge in [-0.25, -0.2) is 4.98 Å². The zero-order valence-corrected chi connectivity index (χ0v) is 27.6. The van der Waals surface area contributed by atoms with Crippen molar-refractivity contribution < 1.29 is 18.7 Å². The minimum atomic E-state index is 0.250. The van der Waals surface area contributed by atoms with E-state index in [4.69, 9.17) is 13.9 Å². The molecule has 1 aliphatic heterocycles. The number of primary amides is 1. The first-order valence-electron chi connectivity index (χ1n) is 16.1. The molecule has 0 unspecified atom stereocenters. The van der Waals surface area contributed by atoms with E-state index >= 15 is 0 Å². The summed E-state index contributed by atoms with van der Waals surface area (Å²) in [7, 11) is 1.65. The first-order valence-corrected chi connectivity index (χ1v) is 16.1. The number of aromatic nitrogens is 2. The predicted octanol–water partition coefficient (Wildman–Crippen LogP) is 7.63. The van der Waals surface area contributed by atoms with E-state index in [1.807, 2.05) is 45.0 Å². The SMILES string of the molecule is C#C.CC.CCC(=O)CCCCCCc1ncc(-c2cc3cccnc3cc2OC)o1.CCN1CCC2(CC1)CC2.NC=O. The molecule has 1 saturated heterocycles. The number of likely N-dealkylation sites (tertiary alicyclic amines) is 1. The molecule has 1 spiro atoms. The number of fused-ring (bicyclic) bond motifs is 1. The highest BCUT2D eigenvalue weighted by Gasteiger charge is 2.43. The van der Waals surface area contributed by atoms with Crippen LogP contribution in [0.5, 0.6) is 5.75 Å². The van der Waals surface area contributed by atoms with Crippen LogP contribution in [-0.4, -0.2) is 53.8 Å². The molecule has 8 nitrogen and oxygen atoms in total. The number of methoxy groups -OCH3 is 1. The molecule has 1 saturated carbocycles. The topological polar surface area (TPSA) is 112 Å². The van der Waals surface area contributed by atoms with Gasteiger partial charge in [-0.15, -0.1) is 12.8 Å². The molecule has 8 heteroatoms. The third kappa shape index (κ3) is 12.9. The summed E-state index contributed by atoms with van der Waals surface area (Å²) in [5.74, 6) is 2.53. The molecule has 44 heavy (non-hydrogen) atoms. The summed E-state index contributed by atoms with van der Waals surface area (Å²) >= 11 is 0. The summed E-state index contributed by atoms with van der Waals surface area (Å²) in [6.45, 7) is 12.2. The van der Waals surface area contributed by atoms with Gasteiger partial charge in [-0.1, -0.05) is 46.6 Å². The molecule has 242 valence electrons. The number of oxazole rings is 1. The van der Waals surface area contributed by atoms with Gasteiger partial charge in [0.15, 0.2) is 11.7 Å². The van der Waals surface area contributed by atoms with E-state index in [2.05, 4.69) is 40.4 Å². The number of nitrogens with two attached hydrogens (primary N) is 1. The van der Waals surface area contributed by atoms with E-state index in [0.29, 0.717) is 24.4 Å². The Labute approximate surface area is 265 Å². The lowest BCUT2D eigenvalue weighted by molar-refractivity contribution is -0.118. The van der Waals surface area contributed by atoms with Crippen molar-refractivity contribution in [2.24, 2.45) is 11.1 Å². The predicted molar refractivity (Wildman–Crippen MR) is 180 cm³/mol. The minimum absolute atomic E-state index is 0.250. The van der Waals surface area contributed by atoms with Gasteiger partial charge >= 0.3 is 0 Å². The van der Waals surface area contributed by atoms with Crippen molar-refractivity contribution in [2.75, 3.05) is 26.7 Å². The van der Waals surface area contributed by atoms with Crippen molar-refractivity contribution in [3.8, 4) is 29.9 Å². The molecule has 2 aromatic heterocycles. The second kappa shape index (κ2) is 21.9. The van der Waals surface area contributed by atoms with Crippen molar-refractivity contribution in [3.63, 3.8) is 0 Å². The lowest BCUT2D eigenvalue weighted by Crippen LogP contribution is -2.34. The van der Waals surface area contributed by atoms with Gasteiger partial charge in [0.25, 0.3) is 0 Å². The molecule has 1 aliphatic carbocycles. The van der Waals surface area contributed by atoms with Gasteiger partial charge in [0.1, 0.15) is 11.5 Å². The molecule has 2 aliphatic rings. The second-order valence-electron chi connectivity index (χ2n) is 10.7. The maximum Gasteiger partial charge on any atom is 0.204 e. The van der Waals surface area contributed by atoms with Crippen molar-refractivity contribution >= 4 is 23.1 Å². The van der Waals surface area contributed by atoms with Gasteiger partial charge in [-0.3, -0.25) is 14.6 Å². The normalized spacial score (nSPS) is 14.2. The molecule has 0 radical (unpaired) electrons. The van der Waals surface area contributed by atoms with Crippen molar-refractivity contribution in [1.82, 2.24) is 14.9 Å². The molecule has 1 amide bonds. The van der Waals surface area contributed by atoms with Crippen LogP contribution in [0.1, 0.15) is 97.8 Å². The lowest BCUT2D eigenvalue weighted by atomic mass is 9.94. The summed E-state index contributed by atoms with van der Waals surface area (Å²) in [6, 6.07) is 7.88. The Bertz CT molecular complexity index is 1240. The highest BCUT2D eigenvalue weighted by Crippen LogP contribution is 2.53. The van der Waals surface area contributed by atoms with E-state index in [1.165, 1.54) is 45.3 Å². The lowest BCUT2D eigenvalue weighted by Gasteiger charge is -2.30. The summed E-state index contributed by atoms with van der Waals surface area (Å²) in [6.07, 6.45) is 24.1. The van der Waals surface area contributed by atoms with Crippen LogP contribution in [0, 0.1) is 18.3 Å². The zero-order chi connectivity index (χ0) is 32.8. The number of rotatable bonds is 11. The van der Waals surface area contributed by atoms with E-state index < -0.39 is 0 Å². The number of unbranched alkanes of at least 4 members (excludes halogenated alkanes) is 3. The van der Waals surface area contributed by atoms with Crippen LogP contribution in [-0.2, 0) is 16.0 Å². The smallest absolute Gasteiger partial charge is 0.204 e. The fourth-order valence-corrected chi connectivity index (χ4v) is 5.16. The average Bonchev–Trinajstić information content (AvgIpc) is 3.66. The number of ketones is 1. The van der Waals surface area contributed by atoms with Crippen LogP contribution in [0.15, 0.2) is 41.1 Å². The quantitative estimate of drug-likeness (QED) is 0.136. The van der Waals surface area contributed by atoms with Gasteiger partial charge in [0.2, 0.25) is 6.41 Å². The van der Waals surface area contributed by atoms with Crippen LogP contribution in [0.3, 0.4) is 0 Å². The Morgan fingerprint density at radius 3 is 2.32 bits per heavy atom. The molecular weight excluding hydrogens is 552 g/mol. The molecule has 2 N–H and O–H groups in total. The van der Waals surface area contributed by atoms with Gasteiger partial charge in [0, 0.05) is 36.9 Å². The number of benzene rings is 1. The Morgan fingerprint density at radius 1 is 1.07 bits per heavy atom. The number of Topliss-reactive ketones (excluding diaryl/α,β-unsaturated/α-hetero) is 1. The fourth-order valence-electron chi connectivity index (χ4n) is 5.16. The minimum Gasteiger partial charge on any atom is -0.496 e. The van der Waals surface area contributed by atoms with E-state index in [1.54, 1.807) is 19.5 Å². The Balaban J connectivity index is 0.000000468. The number of ether oxygens (including phenoxy) is 1. The summed E-state index contributed by atoms with van der Waals surface area (Å²) < 4.78 is 11.5. The van der Waals surface area contributed by atoms with Crippen molar-refractivity contribution in [3.05, 3.63) is 42.5 Å². The number of hydrogen-bond donors (Lipinski definition) is 1. The number of nitrogens with zero attached hydrogens (tertiary/aromatic N) is 3. The third-order valence-electron chi connectivity index (χ3n) is 8.05. The molecule has 1 aromatic carbocycles. The first-order chi connectivity index (χ1) is 21.5. The van der Waals surface area contributed by atoms with Crippen molar-refractivity contribution in [1.29, 1.82) is 0 Å². The molecular formula is C36H54N4O4. The van der Waals surface area contributed by atoms with Crippen LogP contribution in [0.25, 0.3) is 22.2 Å². The van der Waals surface area contributed by atoms with Crippen LogP contribution in [0.2, 0.25) is 0 Å². The number of pyridine rings is 1. The highest BCUT2D eigenvalue weighted by atomic mass is 16.5. The third-order valence-corrected chi connectivity index (χ3v) is 8.05. The Morgan fingerprint density at radius 2 is 1.73 bits per heavy atom. The van der Waals surface area contributed by atoms with Gasteiger partial charge in [-0.05, 0) is 75.7 Å². The van der Waals surface area contributed by atoms with Gasteiger partial charge in [-0.2, -0.15) is 0 Å². The molecule has 5 rings (SSSR count). The summed E-state index contributed by atoms with van der Waals surface area (Å²) in [5.41, 5.74) is 6.81. The highest BCUT2D eigenvalue weighted by molar-refractivity contribution is 5.87. The molecule has 0 atom stereocenters. The monoisotopic (exact) mass is 606 g/mol. The fraction of sp³-hybridized carbons (Fsp3) is 0.556. The molecule has 2 fully saturated rings. The molecule has 3 aromatic rings. The first kappa shape index (κ1) is 38.3. The number of terminal acetylenes is 1. The molecule has 3 heterocycles. The van der Waals surface area contributed by atoms with Crippen molar-refractivity contribution in [2.45, 2.75) is 98.3 Å². The Kier molecular flexibility index (Phi) is 19.1. The average molecular weight is 607 g/mol. The maximum atomic E-state index is 11.3. The molecule has 0 bridgehead atoms. The standard InChI is InChI=1S/C22H26N2O3.C9H17N.C2H6.C2H2.CH3NO/c1-3-17(25)10-6-4-5-7-11-22-24-15-21(27-22)18-13-16-9-8-12-23-19(16)14-20(18)26-2;1-2-10-7-5-9(3-4-9)6-8-10;2*1-2;2-1-3/h8-9,12-15H,3-7,10-11H2,1-2H3;2-8H2,1H3;1-2H3;1-2H;1H,(H2,2,3). The number of carbonyl (C=O) groups excluding carboxylic acids is 2. The zero-order valence-electron chi connectivity index (χ0n) is 27.6. The van der Waals surface area contributed by atoms with Crippen LogP contribution >= 0.6 is 0 Å². The van der Waals surface area contributed by atoms with E-state index in [9.17, 15) is 4.79 Å². The Hall–Kier alpha value is -3.70. The largest absolute Gasteiger partial charge is 0.496 e. The summed E-state index contributed by atoms with van der Waals surface area (Å²) in [5, 5.41) is 1.04. The number of piperidine rings is 1. The number of carbonyl (C=O) groups is 2. The van der Waals surface area contributed by atoms with E-state index in [0.717, 1.165) is 65.6 Å². The van der Waals surface area contributed by atoms with Crippen LogP contribution < -0.4 is 10.5 Å². The van der Waals surface area contributed by atoms with Crippen LogP contribution in [0.4, 0.5) is 0 Å². The second-order valence-corrected chi connectivity index (χ2v) is 10.7. The number of amides is 1. The number of hydrogen-bond acceptors (Lipinski definition) is 7. The number of aryl methyl sites for hydroxylation is 1. The van der Waals surface area contributed by atoms with Gasteiger partial charge in [0.05, 0.1) is 24.4 Å². The maximum absolute atomic E-state index is 11.3. The summed E-state index contributed by atoms with van der Waals surface area (Å²) in [4.78, 5) is 31.2. The van der Waals surface area contributed by atoms with E-state index in [-0.39, 0.29) is 6.41 Å².